The van der Waals surface area contributed by atoms with Crippen LogP contribution in [0.5, 0.6) is 0 Å². The first-order chi connectivity index (χ1) is 13.0. The summed E-state index contributed by atoms with van der Waals surface area (Å²) in [4.78, 5) is 10.6. The summed E-state index contributed by atoms with van der Waals surface area (Å²) in [5.41, 5.74) is 0. The molecule has 1 saturated heterocycles. The summed E-state index contributed by atoms with van der Waals surface area (Å²) in [7, 11) is -0.177. The van der Waals surface area contributed by atoms with Crippen LogP contribution < -0.4 is 0 Å². The summed E-state index contributed by atoms with van der Waals surface area (Å²) in [6, 6.07) is 0. The van der Waals surface area contributed by atoms with Gasteiger partial charge in [0.15, 0.2) is 0 Å². The van der Waals surface area contributed by atoms with Crippen molar-refractivity contribution >= 4 is 13.1 Å². The van der Waals surface area contributed by atoms with Crippen molar-refractivity contribution in [2.45, 2.75) is 89.8 Å². The van der Waals surface area contributed by atoms with Gasteiger partial charge in [-0.15, -0.1) is 0 Å². The van der Waals surface area contributed by atoms with E-state index in [2.05, 4.69) is 25.2 Å². The molecule has 1 saturated carbocycles. The summed E-state index contributed by atoms with van der Waals surface area (Å²) in [5.74, 6) is -0.144. The van der Waals surface area contributed by atoms with Crippen molar-refractivity contribution in [3.63, 3.8) is 0 Å². The molecule has 2 bridgehead atoms. The van der Waals surface area contributed by atoms with Gasteiger partial charge in [-0.25, -0.2) is 0 Å². The smallest absolute Gasteiger partial charge is 0.453 e. The monoisotopic (exact) mass is 378 g/mol. The van der Waals surface area contributed by atoms with Gasteiger partial charge in [0.2, 0.25) is 0 Å². The zero-order valence-corrected chi connectivity index (χ0v) is 16.8. The van der Waals surface area contributed by atoms with Crippen molar-refractivity contribution in [3.8, 4) is 0 Å². The van der Waals surface area contributed by atoms with Crippen LogP contribution in [0.25, 0.3) is 0 Å². The molecule has 0 amide bonds. The highest BCUT2D eigenvalue weighted by Crippen LogP contribution is 2.43. The molecule has 0 aromatic carbocycles. The average Bonchev–Trinajstić information content (AvgIpc) is 2.86. The second-order valence-corrected chi connectivity index (χ2v) is 7.83. The first-order valence-corrected chi connectivity index (χ1v) is 10.5. The lowest BCUT2D eigenvalue weighted by atomic mass is 9.89. The number of aliphatic hydroxyl groups excluding tert-OH is 1. The Morgan fingerprint density at radius 3 is 2.74 bits per heavy atom. The summed E-state index contributed by atoms with van der Waals surface area (Å²) in [5, 5.41) is 18.9. The lowest BCUT2D eigenvalue weighted by Crippen LogP contribution is -2.35. The van der Waals surface area contributed by atoms with Crippen LogP contribution in [0.3, 0.4) is 0 Å². The Kier molecular flexibility index (Phi) is 9.59. The normalized spacial score (nSPS) is 29.1. The fourth-order valence-corrected chi connectivity index (χ4v) is 4.19. The molecule has 6 heteroatoms. The van der Waals surface area contributed by atoms with Gasteiger partial charge in [0, 0.05) is 18.4 Å². The third kappa shape index (κ3) is 7.43. The molecule has 152 valence electrons. The largest absolute Gasteiger partial charge is 0.481 e. The van der Waals surface area contributed by atoms with Gasteiger partial charge in [-0.1, -0.05) is 50.5 Å². The van der Waals surface area contributed by atoms with Gasteiger partial charge >= 0.3 is 13.1 Å². The van der Waals surface area contributed by atoms with Crippen molar-refractivity contribution in [1.29, 1.82) is 0 Å². The first kappa shape index (κ1) is 22.2. The van der Waals surface area contributed by atoms with E-state index >= 15 is 0 Å². The van der Waals surface area contributed by atoms with Crippen LogP contribution in [0.1, 0.15) is 64.7 Å². The molecule has 1 heterocycles. The van der Waals surface area contributed by atoms with Gasteiger partial charge in [0.05, 0.1) is 12.2 Å². The SMILES string of the molecule is CCCCC[C@H](O)/C=C/[C@@H]1[C@@H](C/C=C\CCCC(=O)O)[C@@H]2C[C@H]1OB(C)O2. The number of rotatable bonds is 12. The summed E-state index contributed by atoms with van der Waals surface area (Å²) >= 11 is 0. The van der Waals surface area contributed by atoms with E-state index in [0.717, 1.165) is 44.9 Å². The highest BCUT2D eigenvalue weighted by atomic mass is 16.6. The number of hydrogen-bond donors (Lipinski definition) is 2. The molecule has 0 unspecified atom stereocenters. The van der Waals surface area contributed by atoms with Crippen LogP contribution >= 0.6 is 0 Å². The maximum absolute atomic E-state index is 10.6. The van der Waals surface area contributed by atoms with E-state index in [1.807, 2.05) is 12.9 Å². The molecule has 2 fully saturated rings. The summed E-state index contributed by atoms with van der Waals surface area (Å²) < 4.78 is 12.0. The van der Waals surface area contributed by atoms with Crippen molar-refractivity contribution in [3.05, 3.63) is 24.3 Å². The van der Waals surface area contributed by atoms with Gasteiger partial charge < -0.3 is 19.5 Å². The van der Waals surface area contributed by atoms with E-state index in [1.54, 1.807) is 0 Å². The van der Waals surface area contributed by atoms with Crippen LogP contribution in [0.15, 0.2) is 24.3 Å². The van der Waals surface area contributed by atoms with E-state index in [-0.39, 0.29) is 37.8 Å². The third-order valence-electron chi connectivity index (χ3n) is 5.59. The molecular formula is C21H35BO5. The van der Waals surface area contributed by atoms with Crippen LogP contribution in [-0.4, -0.2) is 41.6 Å². The molecule has 2 aliphatic rings. The molecule has 0 aromatic heterocycles. The number of carboxylic acid groups (broad SMARTS) is 1. The van der Waals surface area contributed by atoms with Crippen LogP contribution in [0, 0.1) is 11.8 Å². The van der Waals surface area contributed by atoms with Gasteiger partial charge in [-0.3, -0.25) is 4.79 Å². The van der Waals surface area contributed by atoms with E-state index < -0.39 is 5.97 Å². The number of hydrogen-bond acceptors (Lipinski definition) is 4. The molecule has 2 rings (SSSR count). The lowest BCUT2D eigenvalue weighted by molar-refractivity contribution is -0.137. The first-order valence-electron chi connectivity index (χ1n) is 10.5. The number of allylic oxidation sites excluding steroid dienone is 2. The number of unbranched alkanes of at least 4 members (excludes halogenated alkanes) is 3. The lowest BCUT2D eigenvalue weighted by Gasteiger charge is -2.25. The zero-order chi connectivity index (χ0) is 19.6. The molecule has 0 aromatic rings. The number of aliphatic hydroxyl groups is 1. The number of carboxylic acids is 1. The topological polar surface area (TPSA) is 76.0 Å². The molecule has 5 nitrogen and oxygen atoms in total. The Hall–Kier alpha value is -1.11. The quantitative estimate of drug-likeness (QED) is 0.302. The van der Waals surface area contributed by atoms with Gasteiger partial charge in [-0.2, -0.15) is 0 Å². The summed E-state index contributed by atoms with van der Waals surface area (Å²) in [6.45, 7) is 4.11. The predicted octanol–water partition coefficient (Wildman–Crippen LogP) is 4.22. The maximum atomic E-state index is 10.6. The Morgan fingerprint density at radius 1 is 1.22 bits per heavy atom. The van der Waals surface area contributed by atoms with Gasteiger partial charge in [0.1, 0.15) is 0 Å². The highest BCUT2D eigenvalue weighted by molar-refractivity contribution is 6.42. The average molecular weight is 378 g/mol. The highest BCUT2D eigenvalue weighted by Gasteiger charge is 2.48. The maximum Gasteiger partial charge on any atom is 0.453 e. The molecule has 27 heavy (non-hydrogen) atoms. The Labute approximate surface area is 164 Å². The molecule has 2 N–H and O–H groups in total. The second kappa shape index (κ2) is 11.7. The van der Waals surface area contributed by atoms with Crippen molar-refractivity contribution in [2.24, 2.45) is 11.8 Å². The van der Waals surface area contributed by atoms with E-state index in [0.29, 0.717) is 12.3 Å². The Balaban J connectivity index is 1.89. The van der Waals surface area contributed by atoms with Gasteiger partial charge in [-0.05, 0) is 44.8 Å². The molecule has 0 radical (unpaired) electrons. The van der Waals surface area contributed by atoms with E-state index in [1.165, 1.54) is 0 Å². The minimum Gasteiger partial charge on any atom is -0.481 e. The number of carbonyl (C=O) groups is 1. The Morgan fingerprint density at radius 2 is 2.00 bits per heavy atom. The van der Waals surface area contributed by atoms with Crippen molar-refractivity contribution in [1.82, 2.24) is 0 Å². The van der Waals surface area contributed by atoms with Crippen LogP contribution in [-0.2, 0) is 14.1 Å². The molecular weight excluding hydrogens is 343 g/mol. The van der Waals surface area contributed by atoms with Crippen LogP contribution in [0.4, 0.5) is 0 Å². The fraction of sp³-hybridized carbons (Fsp3) is 0.762. The van der Waals surface area contributed by atoms with Gasteiger partial charge in [0.25, 0.3) is 0 Å². The molecule has 0 spiro atoms. The molecule has 1 aliphatic carbocycles. The van der Waals surface area contributed by atoms with E-state index in [4.69, 9.17) is 14.4 Å². The van der Waals surface area contributed by atoms with Crippen molar-refractivity contribution < 1.29 is 24.3 Å². The number of fused-ring (bicyclic) bond motifs is 2. The fourth-order valence-electron chi connectivity index (χ4n) is 4.19. The molecule has 1 aliphatic heterocycles. The predicted molar refractivity (Wildman–Crippen MR) is 107 cm³/mol. The minimum atomic E-state index is -0.741. The summed E-state index contributed by atoms with van der Waals surface area (Å²) in [6.07, 6.45) is 15.9. The third-order valence-corrected chi connectivity index (χ3v) is 5.59. The standard InChI is InChI=1S/C21H35BO5/c1-3-4-7-10-16(23)13-14-18-17(11-8-5-6-9-12-21(24)25)19-15-20(18)27-22(2)26-19/h5,8,13-14,16-20,23H,3-4,6-7,9-12,15H2,1-2H3,(H,24,25)/b8-5-,14-13+/t16-,17+,18+,19-,20+/m0/s1. The zero-order valence-electron chi connectivity index (χ0n) is 16.8. The van der Waals surface area contributed by atoms with E-state index in [9.17, 15) is 9.90 Å². The van der Waals surface area contributed by atoms with Crippen molar-refractivity contribution in [2.75, 3.05) is 0 Å². The minimum absolute atomic E-state index is 0.156. The van der Waals surface area contributed by atoms with Crippen LogP contribution in [0.2, 0.25) is 6.82 Å². The number of aliphatic carboxylic acids is 1. The molecule has 5 atom stereocenters. The Bertz CT molecular complexity index is 507. The second-order valence-electron chi connectivity index (χ2n) is 7.83.